The molecule has 2 fully saturated rings. The third-order valence-electron chi connectivity index (χ3n) is 4.28. The van der Waals surface area contributed by atoms with Crippen LogP contribution >= 0.6 is 0 Å². The van der Waals surface area contributed by atoms with Crippen LogP contribution in [-0.2, 0) is 9.47 Å². The van der Waals surface area contributed by atoms with Crippen molar-refractivity contribution in [2.24, 2.45) is 22.9 Å². The van der Waals surface area contributed by atoms with E-state index >= 15 is 0 Å². The predicted octanol–water partition coefficient (Wildman–Crippen LogP) is -4.09. The molecule has 21 heavy (non-hydrogen) atoms. The molecule has 0 spiro atoms. The molecular weight excluding hydrogens is 280 g/mol. The topological polar surface area (TPSA) is 183 Å². The van der Waals surface area contributed by atoms with Crippen molar-refractivity contribution in [1.29, 1.82) is 0 Å². The van der Waals surface area contributed by atoms with E-state index in [1.807, 2.05) is 0 Å². The van der Waals surface area contributed by atoms with E-state index in [9.17, 15) is 15.3 Å². The second-order valence-corrected chi connectivity index (χ2v) is 5.88. The van der Waals surface area contributed by atoms with Crippen molar-refractivity contribution in [2.45, 2.75) is 67.8 Å². The molecule has 11 N–H and O–H groups in total. The van der Waals surface area contributed by atoms with Crippen molar-refractivity contribution in [3.05, 3.63) is 0 Å². The van der Waals surface area contributed by atoms with Gasteiger partial charge >= 0.3 is 0 Å². The van der Waals surface area contributed by atoms with Gasteiger partial charge in [0.05, 0.1) is 18.2 Å². The first-order valence-electron chi connectivity index (χ1n) is 7.17. The Balaban J connectivity index is 2.01. The van der Waals surface area contributed by atoms with Gasteiger partial charge in [0.1, 0.15) is 18.3 Å². The summed E-state index contributed by atoms with van der Waals surface area (Å²) >= 11 is 0. The second-order valence-electron chi connectivity index (χ2n) is 5.88. The van der Waals surface area contributed by atoms with E-state index in [-0.39, 0.29) is 25.0 Å². The molecule has 1 saturated heterocycles. The third kappa shape index (κ3) is 3.52. The van der Waals surface area contributed by atoms with Gasteiger partial charge in [0.25, 0.3) is 0 Å². The van der Waals surface area contributed by atoms with Crippen LogP contribution in [-0.4, -0.2) is 76.8 Å². The quantitative estimate of drug-likeness (QED) is 0.272. The third-order valence-corrected chi connectivity index (χ3v) is 4.28. The Bertz CT molecular complexity index is 348. The molecule has 1 aliphatic carbocycles. The molecule has 0 aromatic rings. The molecule has 0 unspecified atom stereocenters. The van der Waals surface area contributed by atoms with Gasteiger partial charge in [-0.2, -0.15) is 0 Å². The van der Waals surface area contributed by atoms with E-state index in [0.717, 1.165) is 0 Å². The van der Waals surface area contributed by atoms with Crippen LogP contribution in [0.1, 0.15) is 12.8 Å². The number of hydrogen-bond acceptors (Lipinski definition) is 9. The Morgan fingerprint density at radius 2 is 1.67 bits per heavy atom. The zero-order valence-corrected chi connectivity index (χ0v) is 11.8. The SMILES string of the molecule is NC[C@@H]1O[C@@H](O[C@H]2C[C@H](O)[C@@H](N)C[C@@H]2N)[C@@H](N)[C@H](O)[C@H]1O. The Hall–Kier alpha value is -0.360. The van der Waals surface area contributed by atoms with Crippen molar-refractivity contribution in [2.75, 3.05) is 6.54 Å². The van der Waals surface area contributed by atoms with Gasteiger partial charge in [-0.3, -0.25) is 0 Å². The van der Waals surface area contributed by atoms with E-state index in [2.05, 4.69) is 0 Å². The number of hydrogen-bond donors (Lipinski definition) is 7. The number of ether oxygens (including phenoxy) is 2. The predicted molar refractivity (Wildman–Crippen MR) is 73.8 cm³/mol. The number of rotatable bonds is 3. The van der Waals surface area contributed by atoms with Crippen LogP contribution in [0, 0.1) is 0 Å². The minimum absolute atomic E-state index is 0.0228. The fraction of sp³-hybridized carbons (Fsp3) is 1.00. The summed E-state index contributed by atoms with van der Waals surface area (Å²) in [5.41, 5.74) is 23.0. The van der Waals surface area contributed by atoms with Crippen LogP contribution in [0.25, 0.3) is 0 Å². The Kier molecular flexibility index (Phi) is 5.52. The summed E-state index contributed by atoms with van der Waals surface area (Å²) in [4.78, 5) is 0. The van der Waals surface area contributed by atoms with E-state index < -0.39 is 42.9 Å². The lowest BCUT2D eigenvalue weighted by molar-refractivity contribution is -0.276. The zero-order valence-electron chi connectivity index (χ0n) is 11.8. The summed E-state index contributed by atoms with van der Waals surface area (Å²) in [7, 11) is 0. The number of aliphatic hydroxyl groups is 3. The first-order valence-corrected chi connectivity index (χ1v) is 7.17. The molecular formula is C12H26N4O5. The normalized spacial score (nSPS) is 51.9. The Morgan fingerprint density at radius 3 is 2.29 bits per heavy atom. The Labute approximate surface area is 123 Å². The lowest BCUT2D eigenvalue weighted by atomic mass is 9.87. The van der Waals surface area contributed by atoms with Crippen LogP contribution in [0.2, 0.25) is 0 Å². The van der Waals surface area contributed by atoms with Crippen molar-refractivity contribution >= 4 is 0 Å². The fourth-order valence-electron chi connectivity index (χ4n) is 2.81. The highest BCUT2D eigenvalue weighted by Gasteiger charge is 2.45. The van der Waals surface area contributed by atoms with Crippen molar-refractivity contribution < 1.29 is 24.8 Å². The molecule has 1 saturated carbocycles. The van der Waals surface area contributed by atoms with Crippen molar-refractivity contribution in [3.63, 3.8) is 0 Å². The zero-order chi connectivity index (χ0) is 15.7. The van der Waals surface area contributed by atoms with Crippen LogP contribution < -0.4 is 22.9 Å². The molecule has 0 radical (unpaired) electrons. The highest BCUT2D eigenvalue weighted by atomic mass is 16.7. The summed E-state index contributed by atoms with van der Waals surface area (Å²) in [5.74, 6) is 0. The molecule has 1 aliphatic heterocycles. The first kappa shape index (κ1) is 17.0. The summed E-state index contributed by atoms with van der Waals surface area (Å²) < 4.78 is 11.2. The summed E-state index contributed by atoms with van der Waals surface area (Å²) in [6.45, 7) is 0.0228. The average molecular weight is 306 g/mol. The maximum absolute atomic E-state index is 9.92. The van der Waals surface area contributed by atoms with Crippen molar-refractivity contribution in [3.8, 4) is 0 Å². The minimum atomic E-state index is -1.20. The lowest BCUT2D eigenvalue weighted by Crippen LogP contribution is -2.65. The van der Waals surface area contributed by atoms with E-state index in [0.29, 0.717) is 6.42 Å². The molecule has 0 bridgehead atoms. The van der Waals surface area contributed by atoms with Gasteiger partial charge in [0.15, 0.2) is 6.29 Å². The molecule has 0 aromatic heterocycles. The van der Waals surface area contributed by atoms with Gasteiger partial charge in [0.2, 0.25) is 0 Å². The molecule has 0 aromatic carbocycles. The smallest absolute Gasteiger partial charge is 0.176 e. The van der Waals surface area contributed by atoms with Gasteiger partial charge in [-0.15, -0.1) is 0 Å². The largest absolute Gasteiger partial charge is 0.391 e. The first-order chi connectivity index (χ1) is 9.85. The molecule has 9 heteroatoms. The lowest BCUT2D eigenvalue weighted by Gasteiger charge is -2.44. The maximum Gasteiger partial charge on any atom is 0.176 e. The highest BCUT2D eigenvalue weighted by Crippen LogP contribution is 2.26. The van der Waals surface area contributed by atoms with Crippen LogP contribution in [0.4, 0.5) is 0 Å². The molecule has 9 atom stereocenters. The van der Waals surface area contributed by atoms with Gasteiger partial charge in [-0.1, -0.05) is 0 Å². The summed E-state index contributed by atoms with van der Waals surface area (Å²) in [5, 5.41) is 29.5. The number of aliphatic hydroxyl groups excluding tert-OH is 3. The van der Waals surface area contributed by atoms with Gasteiger partial charge in [-0.25, -0.2) is 0 Å². The molecule has 124 valence electrons. The second kappa shape index (κ2) is 6.82. The maximum atomic E-state index is 9.92. The standard InChI is InChI=1S/C12H26N4O5/c13-3-8-10(18)11(19)9(16)12(21-8)20-7-2-6(17)4(14)1-5(7)15/h4-12,17-19H,1-3,13-16H2/t4-,5-,6-,7-,8-,9-,10-,11-,12+/m0/s1. The van der Waals surface area contributed by atoms with E-state index in [4.69, 9.17) is 32.4 Å². The summed E-state index contributed by atoms with van der Waals surface area (Å²) in [6.07, 6.45) is -4.60. The Morgan fingerprint density at radius 1 is 1.00 bits per heavy atom. The highest BCUT2D eigenvalue weighted by molar-refractivity contribution is 4.95. The van der Waals surface area contributed by atoms with E-state index in [1.54, 1.807) is 0 Å². The fourth-order valence-corrected chi connectivity index (χ4v) is 2.81. The minimum Gasteiger partial charge on any atom is -0.391 e. The average Bonchev–Trinajstić information content (AvgIpc) is 2.45. The van der Waals surface area contributed by atoms with Gasteiger partial charge in [-0.05, 0) is 6.42 Å². The van der Waals surface area contributed by atoms with Crippen LogP contribution in [0.15, 0.2) is 0 Å². The molecule has 2 aliphatic rings. The number of nitrogens with two attached hydrogens (primary N) is 4. The summed E-state index contributed by atoms with van der Waals surface area (Å²) in [6, 6.07) is -1.67. The van der Waals surface area contributed by atoms with Gasteiger partial charge in [0, 0.05) is 25.0 Å². The molecule has 2 rings (SSSR count). The monoisotopic (exact) mass is 306 g/mol. The molecule has 1 heterocycles. The van der Waals surface area contributed by atoms with Gasteiger partial charge < -0.3 is 47.7 Å². The van der Waals surface area contributed by atoms with Crippen LogP contribution in [0.3, 0.4) is 0 Å². The van der Waals surface area contributed by atoms with E-state index in [1.165, 1.54) is 0 Å². The van der Waals surface area contributed by atoms with Crippen molar-refractivity contribution in [1.82, 2.24) is 0 Å². The molecule has 0 amide bonds. The van der Waals surface area contributed by atoms with Crippen LogP contribution in [0.5, 0.6) is 0 Å². The molecule has 9 nitrogen and oxygen atoms in total.